The zero-order valence-electron chi connectivity index (χ0n) is 13.6. The molecule has 0 aliphatic rings. The van der Waals surface area contributed by atoms with Crippen LogP contribution in [0.3, 0.4) is 0 Å². The number of methoxy groups -OCH3 is 2. The summed E-state index contributed by atoms with van der Waals surface area (Å²) < 4.78 is 34.3. The molecule has 1 atom stereocenters. The van der Waals surface area contributed by atoms with Crippen LogP contribution in [0.25, 0.3) is 10.2 Å². The Labute approximate surface area is 160 Å². The molecule has 10 heteroatoms. The second-order valence-electron chi connectivity index (χ2n) is 5.02. The molecule has 1 N–H and O–H groups in total. The number of carbonyl (C=O) groups excluding carboxylic acids is 1. The summed E-state index contributed by atoms with van der Waals surface area (Å²) in [6, 6.07) is 9.54. The molecule has 0 bridgehead atoms. The minimum absolute atomic E-state index is 0.242. The number of nitrogens with zero attached hydrogens (tertiary/aromatic N) is 2. The Morgan fingerprint density at radius 2 is 2.04 bits per heavy atom. The molecule has 0 saturated heterocycles. The number of esters is 1. The molecule has 0 spiro atoms. The summed E-state index contributed by atoms with van der Waals surface area (Å²) in [5.41, 5.74) is 1.60. The van der Waals surface area contributed by atoms with Gasteiger partial charge in [0.1, 0.15) is 5.75 Å². The summed E-state index contributed by atoms with van der Waals surface area (Å²) in [4.78, 5) is 15.9. The molecule has 0 fully saturated rings. The highest BCUT2D eigenvalue weighted by molar-refractivity contribution is 7.81. The van der Waals surface area contributed by atoms with E-state index in [-0.39, 0.29) is 11.3 Å². The van der Waals surface area contributed by atoms with Crippen LogP contribution in [0.5, 0.6) is 5.75 Å². The second-order valence-corrected chi connectivity index (χ2v) is 7.46. The van der Waals surface area contributed by atoms with Crippen molar-refractivity contribution in [1.29, 1.82) is 0 Å². The molecule has 0 aliphatic heterocycles. The Morgan fingerprint density at radius 3 is 2.69 bits per heavy atom. The van der Waals surface area contributed by atoms with Gasteiger partial charge in [-0.1, -0.05) is 11.6 Å². The Kier molecular flexibility index (Phi) is 5.42. The summed E-state index contributed by atoms with van der Waals surface area (Å²) in [5.74, 6) is -0.295. The summed E-state index contributed by atoms with van der Waals surface area (Å²) in [7, 11) is 2.67. The van der Waals surface area contributed by atoms with Gasteiger partial charge in [0.15, 0.2) is 4.47 Å². The van der Waals surface area contributed by atoms with Gasteiger partial charge in [0, 0.05) is 0 Å². The van der Waals surface area contributed by atoms with Crippen LogP contribution >= 0.6 is 22.9 Å². The van der Waals surface area contributed by atoms with Crippen molar-refractivity contribution in [2.24, 2.45) is 0 Å². The number of hydrogen-bond acceptors (Lipinski definition) is 6. The lowest BCUT2D eigenvalue weighted by Gasteiger charge is -2.22. The average molecular weight is 413 g/mol. The highest BCUT2D eigenvalue weighted by atomic mass is 35.5. The smallest absolute Gasteiger partial charge is 0.337 e. The normalized spacial score (nSPS) is 12.0. The average Bonchev–Trinajstić information content (AvgIpc) is 3.00. The van der Waals surface area contributed by atoms with Crippen molar-refractivity contribution in [2.75, 3.05) is 18.5 Å². The second kappa shape index (κ2) is 7.58. The molecule has 2 aromatic carbocycles. The molecule has 1 unspecified atom stereocenters. The number of hydrogen-bond donors (Lipinski definition) is 1. The number of thiazole rings is 1. The molecule has 0 amide bonds. The molecule has 0 saturated carbocycles. The Morgan fingerprint density at radius 1 is 1.27 bits per heavy atom. The monoisotopic (exact) mass is 412 g/mol. The van der Waals surface area contributed by atoms with Gasteiger partial charge in [-0.3, -0.25) is 4.55 Å². The third-order valence-corrected chi connectivity index (χ3v) is 5.42. The van der Waals surface area contributed by atoms with Crippen LogP contribution in [-0.4, -0.2) is 33.9 Å². The van der Waals surface area contributed by atoms with E-state index in [4.69, 9.17) is 16.3 Å². The molecule has 7 nitrogen and oxygen atoms in total. The Bertz CT molecular complexity index is 1010. The number of carbonyl (C=O) groups is 1. The van der Waals surface area contributed by atoms with Gasteiger partial charge >= 0.3 is 5.97 Å². The van der Waals surface area contributed by atoms with Crippen LogP contribution in [0.15, 0.2) is 36.4 Å². The van der Waals surface area contributed by atoms with E-state index in [1.54, 1.807) is 18.2 Å². The zero-order valence-corrected chi connectivity index (χ0v) is 16.0. The molecule has 1 heterocycles. The fourth-order valence-corrected chi connectivity index (χ4v) is 4.04. The quantitative estimate of drug-likeness (QED) is 0.503. The van der Waals surface area contributed by atoms with Crippen LogP contribution in [-0.2, 0) is 16.0 Å². The van der Waals surface area contributed by atoms with E-state index in [0.717, 1.165) is 9.01 Å². The standard InChI is InChI=1S/C16H13ClN2O5S2/c1-23-13-7-9(15(20)24-2)3-5-12(13)19(26(21)22)10-4-6-14-11(8-10)18-16(17)25-14/h3-8H,1-2H3,(H,21,22). The maximum Gasteiger partial charge on any atom is 0.337 e. The first-order valence-corrected chi connectivity index (χ1v) is 9.44. The van der Waals surface area contributed by atoms with Crippen LogP contribution in [0.1, 0.15) is 10.4 Å². The van der Waals surface area contributed by atoms with Crippen molar-refractivity contribution in [1.82, 2.24) is 4.98 Å². The summed E-state index contributed by atoms with van der Waals surface area (Å²) in [5, 5.41) is 0. The van der Waals surface area contributed by atoms with Gasteiger partial charge in [0.05, 0.1) is 41.4 Å². The first kappa shape index (κ1) is 18.6. The van der Waals surface area contributed by atoms with Crippen LogP contribution in [0, 0.1) is 0 Å². The van der Waals surface area contributed by atoms with Gasteiger partial charge in [-0.2, -0.15) is 0 Å². The van der Waals surface area contributed by atoms with Crippen molar-refractivity contribution in [2.45, 2.75) is 0 Å². The highest BCUT2D eigenvalue weighted by Gasteiger charge is 2.22. The lowest BCUT2D eigenvalue weighted by molar-refractivity contribution is 0.0600. The number of anilines is 2. The van der Waals surface area contributed by atoms with Gasteiger partial charge in [-0.15, -0.1) is 11.3 Å². The number of benzene rings is 2. The van der Waals surface area contributed by atoms with E-state index in [1.165, 1.54) is 43.8 Å². The first-order valence-electron chi connectivity index (χ1n) is 7.18. The lowest BCUT2D eigenvalue weighted by atomic mass is 10.1. The topological polar surface area (TPSA) is 89.0 Å². The molecule has 0 aliphatic carbocycles. The Balaban J connectivity index is 2.12. The fraction of sp³-hybridized carbons (Fsp3) is 0.125. The number of halogens is 1. The van der Waals surface area contributed by atoms with E-state index in [0.29, 0.717) is 21.4 Å². The maximum atomic E-state index is 12.0. The van der Waals surface area contributed by atoms with E-state index in [9.17, 15) is 13.6 Å². The predicted molar refractivity (Wildman–Crippen MR) is 102 cm³/mol. The van der Waals surface area contributed by atoms with Gasteiger partial charge in [0.25, 0.3) is 11.3 Å². The number of rotatable bonds is 5. The predicted octanol–water partition coefficient (Wildman–Crippen LogP) is 4.02. The van der Waals surface area contributed by atoms with E-state index in [1.807, 2.05) is 0 Å². The van der Waals surface area contributed by atoms with E-state index in [2.05, 4.69) is 9.72 Å². The van der Waals surface area contributed by atoms with Crippen molar-refractivity contribution in [3.63, 3.8) is 0 Å². The summed E-state index contributed by atoms with van der Waals surface area (Å²) in [6.07, 6.45) is 0. The van der Waals surface area contributed by atoms with Crippen molar-refractivity contribution in [3.8, 4) is 5.75 Å². The summed E-state index contributed by atoms with van der Waals surface area (Å²) >= 11 is 4.84. The minimum atomic E-state index is -2.39. The molecule has 136 valence electrons. The molecule has 0 radical (unpaired) electrons. The number of fused-ring (bicyclic) bond motifs is 1. The maximum absolute atomic E-state index is 12.0. The number of aromatic nitrogens is 1. The zero-order chi connectivity index (χ0) is 18.8. The molecule has 3 rings (SSSR count). The SMILES string of the molecule is COC(=O)c1ccc(N(c2ccc3sc(Cl)nc3c2)S(=O)O)c(OC)c1. The fourth-order valence-electron chi connectivity index (χ4n) is 2.42. The van der Waals surface area contributed by atoms with Crippen LogP contribution < -0.4 is 9.04 Å². The molecule has 3 aromatic rings. The third kappa shape index (κ3) is 3.51. The van der Waals surface area contributed by atoms with E-state index >= 15 is 0 Å². The molecule has 1 aromatic heterocycles. The van der Waals surface area contributed by atoms with Gasteiger partial charge in [0.2, 0.25) is 0 Å². The lowest BCUT2D eigenvalue weighted by Crippen LogP contribution is -2.20. The molecule has 26 heavy (non-hydrogen) atoms. The Hall–Kier alpha value is -2.20. The van der Waals surface area contributed by atoms with Gasteiger partial charge < -0.3 is 9.47 Å². The third-order valence-electron chi connectivity index (χ3n) is 3.56. The van der Waals surface area contributed by atoms with Crippen molar-refractivity contribution in [3.05, 3.63) is 46.4 Å². The van der Waals surface area contributed by atoms with Crippen molar-refractivity contribution < 1.29 is 23.0 Å². The highest BCUT2D eigenvalue weighted by Crippen LogP contribution is 2.37. The first-order chi connectivity index (χ1) is 12.4. The van der Waals surface area contributed by atoms with Gasteiger partial charge in [-0.05, 0) is 36.4 Å². The molecular weight excluding hydrogens is 400 g/mol. The van der Waals surface area contributed by atoms with Crippen LogP contribution in [0.2, 0.25) is 4.47 Å². The largest absolute Gasteiger partial charge is 0.495 e. The molecular formula is C16H13ClN2O5S2. The summed E-state index contributed by atoms with van der Waals surface area (Å²) in [6.45, 7) is 0. The van der Waals surface area contributed by atoms with Crippen LogP contribution in [0.4, 0.5) is 11.4 Å². The minimum Gasteiger partial charge on any atom is -0.495 e. The van der Waals surface area contributed by atoms with Crippen molar-refractivity contribution >= 4 is 61.8 Å². The number of ether oxygens (including phenoxy) is 2. The van der Waals surface area contributed by atoms with E-state index < -0.39 is 17.2 Å². The van der Waals surface area contributed by atoms with Gasteiger partial charge in [-0.25, -0.2) is 18.3 Å².